The molecule has 1 aliphatic carbocycles. The third kappa shape index (κ3) is 1.56. The lowest BCUT2D eigenvalue weighted by Gasteiger charge is -2.35. The molecule has 1 fully saturated rings. The molecule has 0 spiro atoms. The van der Waals surface area contributed by atoms with E-state index >= 15 is 0 Å². The second-order valence-electron chi connectivity index (χ2n) is 3.21. The predicted octanol–water partition coefficient (Wildman–Crippen LogP) is -0.0703. The standard InChI is InChI=1S/C8H12N2O2/c1-6(5-9)10-7(11)8(12)3-2-4-8/h6,12H,2-4H2,1H3,(H,10,11)/t6-/m0/s1. The van der Waals surface area contributed by atoms with Crippen molar-refractivity contribution in [2.75, 3.05) is 0 Å². The van der Waals surface area contributed by atoms with Crippen LogP contribution < -0.4 is 5.32 Å². The van der Waals surface area contributed by atoms with Gasteiger partial charge in [0.25, 0.3) is 5.91 Å². The smallest absolute Gasteiger partial charge is 0.252 e. The van der Waals surface area contributed by atoms with Crippen molar-refractivity contribution in [2.24, 2.45) is 0 Å². The Labute approximate surface area is 71.2 Å². The molecule has 1 rings (SSSR count). The molecule has 0 aromatic rings. The van der Waals surface area contributed by atoms with Gasteiger partial charge in [0, 0.05) is 0 Å². The maximum Gasteiger partial charge on any atom is 0.252 e. The number of hydrogen-bond acceptors (Lipinski definition) is 3. The second kappa shape index (κ2) is 3.11. The van der Waals surface area contributed by atoms with Crippen LogP contribution in [0.15, 0.2) is 0 Å². The number of carbonyl (C=O) groups is 1. The number of nitriles is 1. The van der Waals surface area contributed by atoms with Gasteiger partial charge in [0.1, 0.15) is 11.6 Å². The molecule has 0 radical (unpaired) electrons. The minimum atomic E-state index is -1.19. The Morgan fingerprint density at radius 3 is 2.67 bits per heavy atom. The van der Waals surface area contributed by atoms with Gasteiger partial charge in [0.05, 0.1) is 6.07 Å². The van der Waals surface area contributed by atoms with E-state index in [4.69, 9.17) is 5.26 Å². The molecule has 1 amide bonds. The fraction of sp³-hybridized carbons (Fsp3) is 0.750. The molecule has 2 N–H and O–H groups in total. The number of hydrogen-bond donors (Lipinski definition) is 2. The first-order valence-corrected chi connectivity index (χ1v) is 4.01. The number of rotatable bonds is 2. The maximum atomic E-state index is 11.2. The van der Waals surface area contributed by atoms with Crippen LogP contribution in [0.5, 0.6) is 0 Å². The first-order chi connectivity index (χ1) is 5.58. The monoisotopic (exact) mass is 168 g/mol. The van der Waals surface area contributed by atoms with Gasteiger partial charge < -0.3 is 10.4 Å². The van der Waals surface area contributed by atoms with E-state index < -0.39 is 17.6 Å². The number of nitrogens with one attached hydrogen (secondary N) is 1. The summed E-state index contributed by atoms with van der Waals surface area (Å²) in [7, 11) is 0. The van der Waals surface area contributed by atoms with Crippen LogP contribution in [0.1, 0.15) is 26.2 Å². The Morgan fingerprint density at radius 1 is 1.75 bits per heavy atom. The molecule has 0 bridgehead atoms. The van der Waals surface area contributed by atoms with Crippen LogP contribution in [0.3, 0.4) is 0 Å². The third-order valence-corrected chi connectivity index (χ3v) is 2.14. The summed E-state index contributed by atoms with van der Waals surface area (Å²) in [5.41, 5.74) is -1.19. The summed E-state index contributed by atoms with van der Waals surface area (Å²) < 4.78 is 0. The molecule has 0 unspecified atom stereocenters. The first kappa shape index (κ1) is 9.01. The summed E-state index contributed by atoms with van der Waals surface area (Å²) in [5.74, 6) is -0.414. The number of carbonyl (C=O) groups excluding carboxylic acids is 1. The van der Waals surface area contributed by atoms with Crippen molar-refractivity contribution in [1.29, 1.82) is 5.26 Å². The van der Waals surface area contributed by atoms with Crippen molar-refractivity contribution < 1.29 is 9.90 Å². The fourth-order valence-corrected chi connectivity index (χ4v) is 1.10. The van der Waals surface area contributed by atoms with Crippen molar-refractivity contribution in [2.45, 2.75) is 37.8 Å². The summed E-state index contributed by atoms with van der Waals surface area (Å²) in [5, 5.41) is 20.3. The molecule has 66 valence electrons. The van der Waals surface area contributed by atoms with Crippen LogP contribution in [0.25, 0.3) is 0 Å². The molecule has 4 heteroatoms. The molecule has 12 heavy (non-hydrogen) atoms. The summed E-state index contributed by atoms with van der Waals surface area (Å²) in [6.45, 7) is 1.58. The van der Waals surface area contributed by atoms with Crippen LogP contribution in [0.2, 0.25) is 0 Å². The van der Waals surface area contributed by atoms with Gasteiger partial charge in [-0.15, -0.1) is 0 Å². The minimum Gasteiger partial charge on any atom is -0.380 e. The molecule has 1 saturated carbocycles. The summed E-state index contributed by atoms with van der Waals surface area (Å²) in [6.07, 6.45) is 1.90. The molecule has 0 aliphatic heterocycles. The fourth-order valence-electron chi connectivity index (χ4n) is 1.10. The lowest BCUT2D eigenvalue weighted by atomic mass is 9.79. The van der Waals surface area contributed by atoms with Crippen LogP contribution in [0.4, 0.5) is 0 Å². The Balaban J connectivity index is 2.44. The summed E-state index contributed by atoms with van der Waals surface area (Å²) in [4.78, 5) is 11.2. The van der Waals surface area contributed by atoms with E-state index in [0.717, 1.165) is 6.42 Å². The average Bonchev–Trinajstić information content (AvgIpc) is 1.99. The molecule has 1 atom stereocenters. The Bertz CT molecular complexity index is 228. The molecule has 4 nitrogen and oxygen atoms in total. The zero-order valence-corrected chi connectivity index (χ0v) is 7.00. The zero-order chi connectivity index (χ0) is 9.19. The SMILES string of the molecule is C[C@@H](C#N)NC(=O)C1(O)CCC1. The van der Waals surface area contributed by atoms with Gasteiger partial charge in [-0.25, -0.2) is 0 Å². The lowest BCUT2D eigenvalue weighted by molar-refractivity contribution is -0.148. The van der Waals surface area contributed by atoms with Gasteiger partial charge in [-0.2, -0.15) is 5.26 Å². The summed E-state index contributed by atoms with van der Waals surface area (Å²) >= 11 is 0. The lowest BCUT2D eigenvalue weighted by Crippen LogP contribution is -2.53. The maximum absolute atomic E-state index is 11.2. The van der Waals surface area contributed by atoms with Gasteiger partial charge >= 0.3 is 0 Å². The van der Waals surface area contributed by atoms with Crippen LogP contribution >= 0.6 is 0 Å². The molecule has 0 heterocycles. The molecule has 0 aromatic carbocycles. The third-order valence-electron chi connectivity index (χ3n) is 2.14. The largest absolute Gasteiger partial charge is 0.380 e. The van der Waals surface area contributed by atoms with Crippen LogP contribution in [0, 0.1) is 11.3 Å². The van der Waals surface area contributed by atoms with Crippen LogP contribution in [-0.4, -0.2) is 22.7 Å². The number of aliphatic hydroxyl groups is 1. The number of amides is 1. The Hall–Kier alpha value is -1.08. The Morgan fingerprint density at radius 2 is 2.33 bits per heavy atom. The van der Waals surface area contributed by atoms with Gasteiger partial charge in [-0.3, -0.25) is 4.79 Å². The van der Waals surface area contributed by atoms with E-state index in [1.54, 1.807) is 6.92 Å². The quantitative estimate of drug-likeness (QED) is 0.606. The van der Waals surface area contributed by atoms with E-state index in [-0.39, 0.29) is 0 Å². The topological polar surface area (TPSA) is 73.1 Å². The normalized spacial score (nSPS) is 21.8. The highest BCUT2D eigenvalue weighted by atomic mass is 16.3. The van der Waals surface area contributed by atoms with Crippen molar-refractivity contribution in [3.63, 3.8) is 0 Å². The molecular weight excluding hydrogens is 156 g/mol. The van der Waals surface area contributed by atoms with Crippen LogP contribution in [-0.2, 0) is 4.79 Å². The second-order valence-corrected chi connectivity index (χ2v) is 3.21. The van der Waals surface area contributed by atoms with E-state index in [1.807, 2.05) is 6.07 Å². The molecular formula is C8H12N2O2. The minimum absolute atomic E-state index is 0.414. The molecule has 0 aromatic heterocycles. The highest BCUT2D eigenvalue weighted by molar-refractivity contribution is 5.86. The van der Waals surface area contributed by atoms with Crippen molar-refractivity contribution in [1.82, 2.24) is 5.32 Å². The number of nitrogens with zero attached hydrogens (tertiary/aromatic N) is 1. The van der Waals surface area contributed by atoms with E-state index in [9.17, 15) is 9.90 Å². The average molecular weight is 168 g/mol. The van der Waals surface area contributed by atoms with E-state index in [0.29, 0.717) is 12.8 Å². The van der Waals surface area contributed by atoms with E-state index in [2.05, 4.69) is 5.32 Å². The molecule has 1 aliphatic rings. The van der Waals surface area contributed by atoms with E-state index in [1.165, 1.54) is 0 Å². The highest BCUT2D eigenvalue weighted by Gasteiger charge is 2.42. The van der Waals surface area contributed by atoms with Gasteiger partial charge in [0.2, 0.25) is 0 Å². The van der Waals surface area contributed by atoms with Gasteiger partial charge in [-0.05, 0) is 26.2 Å². The van der Waals surface area contributed by atoms with Crippen molar-refractivity contribution in [3.8, 4) is 6.07 Å². The zero-order valence-electron chi connectivity index (χ0n) is 7.00. The summed E-state index contributed by atoms with van der Waals surface area (Å²) in [6, 6.07) is 1.35. The van der Waals surface area contributed by atoms with Gasteiger partial charge in [0.15, 0.2) is 0 Å². The first-order valence-electron chi connectivity index (χ1n) is 4.01. The van der Waals surface area contributed by atoms with Gasteiger partial charge in [-0.1, -0.05) is 0 Å². The van der Waals surface area contributed by atoms with Crippen molar-refractivity contribution in [3.05, 3.63) is 0 Å². The Kier molecular flexibility index (Phi) is 2.34. The molecule has 0 saturated heterocycles. The van der Waals surface area contributed by atoms with Crippen molar-refractivity contribution >= 4 is 5.91 Å². The predicted molar refractivity (Wildman–Crippen MR) is 42.0 cm³/mol. The highest BCUT2D eigenvalue weighted by Crippen LogP contribution is 2.31.